The number of ether oxygens (including phenoxy) is 1. The van der Waals surface area contributed by atoms with Crippen LogP contribution in [0.4, 0.5) is 10.5 Å². The molecule has 0 atom stereocenters. The maximum Gasteiger partial charge on any atom is 0.410 e. The molecule has 0 radical (unpaired) electrons. The van der Waals surface area contributed by atoms with Gasteiger partial charge in [-0.25, -0.2) is 4.79 Å². The Labute approximate surface area is 129 Å². The quantitative estimate of drug-likeness (QED) is 0.643. The van der Waals surface area contributed by atoms with Gasteiger partial charge in [-0.15, -0.1) is 0 Å². The first-order valence-electron chi connectivity index (χ1n) is 7.05. The van der Waals surface area contributed by atoms with Crippen LogP contribution in [0.1, 0.15) is 26.3 Å². The topological polar surface area (TPSA) is 92.9 Å². The van der Waals surface area contributed by atoms with Crippen LogP contribution in [0.25, 0.3) is 0 Å². The Morgan fingerprint density at radius 1 is 1.27 bits per heavy atom. The highest BCUT2D eigenvalue weighted by atomic mass is 16.6. The minimum atomic E-state index is -0.599. The third-order valence-electron chi connectivity index (χ3n) is 2.84. The molecule has 0 aliphatic heterocycles. The number of nitro groups is 1. The average molecular weight is 310 g/mol. The summed E-state index contributed by atoms with van der Waals surface area (Å²) in [5, 5.41) is 19.6. The molecule has 1 aromatic carbocycles. The van der Waals surface area contributed by atoms with Gasteiger partial charge >= 0.3 is 6.09 Å². The molecule has 7 heteroatoms. The molecule has 0 aliphatic carbocycles. The maximum absolute atomic E-state index is 12.0. The van der Waals surface area contributed by atoms with Gasteiger partial charge in [0.2, 0.25) is 0 Å². The number of carbonyl (C=O) groups is 1. The molecule has 0 unspecified atom stereocenters. The maximum atomic E-state index is 12.0. The Morgan fingerprint density at radius 2 is 1.86 bits per heavy atom. The van der Waals surface area contributed by atoms with Crippen molar-refractivity contribution in [1.29, 1.82) is 0 Å². The van der Waals surface area contributed by atoms with Gasteiger partial charge in [0.1, 0.15) is 5.60 Å². The molecule has 0 saturated heterocycles. The van der Waals surface area contributed by atoms with Crippen LogP contribution in [-0.2, 0) is 11.2 Å². The minimum absolute atomic E-state index is 0.0307. The summed E-state index contributed by atoms with van der Waals surface area (Å²) < 4.78 is 5.28. The molecule has 1 N–H and O–H groups in total. The van der Waals surface area contributed by atoms with Crippen molar-refractivity contribution in [3.63, 3.8) is 0 Å². The summed E-state index contributed by atoms with van der Waals surface area (Å²) in [4.78, 5) is 23.6. The van der Waals surface area contributed by atoms with Crippen molar-refractivity contribution in [2.45, 2.75) is 32.8 Å². The lowest BCUT2D eigenvalue weighted by molar-refractivity contribution is -0.384. The molecule has 0 heterocycles. The SMILES string of the molecule is CC(C)(C)OC(=O)N(CCO)CCc1ccc([N+](=O)[O-])cc1. The summed E-state index contributed by atoms with van der Waals surface area (Å²) >= 11 is 0. The molecule has 1 amide bonds. The number of aliphatic hydroxyl groups excluding tert-OH is 1. The van der Waals surface area contributed by atoms with Crippen LogP contribution in [0.5, 0.6) is 0 Å². The molecule has 0 spiro atoms. The molecule has 0 bridgehead atoms. The molecule has 1 rings (SSSR count). The zero-order chi connectivity index (χ0) is 16.8. The molecule has 122 valence electrons. The second kappa shape index (κ2) is 7.74. The Morgan fingerprint density at radius 3 is 2.32 bits per heavy atom. The van der Waals surface area contributed by atoms with Gasteiger partial charge in [0.15, 0.2) is 0 Å². The van der Waals surface area contributed by atoms with Crippen LogP contribution in [0.3, 0.4) is 0 Å². The first-order valence-corrected chi connectivity index (χ1v) is 7.05. The summed E-state index contributed by atoms with van der Waals surface area (Å²) in [7, 11) is 0. The van der Waals surface area contributed by atoms with E-state index >= 15 is 0 Å². The molecule has 22 heavy (non-hydrogen) atoms. The highest BCUT2D eigenvalue weighted by Crippen LogP contribution is 2.14. The summed E-state index contributed by atoms with van der Waals surface area (Å²) in [6, 6.07) is 6.17. The second-order valence-corrected chi connectivity index (χ2v) is 5.86. The predicted molar refractivity (Wildman–Crippen MR) is 81.7 cm³/mol. The Balaban J connectivity index is 2.63. The van der Waals surface area contributed by atoms with Gasteiger partial charge in [0.05, 0.1) is 11.5 Å². The standard InChI is InChI=1S/C15H22N2O5/c1-15(2,3)22-14(19)16(10-11-18)9-8-12-4-6-13(7-5-12)17(20)21/h4-7,18H,8-11H2,1-3H3. The number of benzene rings is 1. The normalized spacial score (nSPS) is 11.1. The Kier molecular flexibility index (Phi) is 6.30. The number of nitrogens with zero attached hydrogens (tertiary/aromatic N) is 2. The van der Waals surface area contributed by atoms with Crippen LogP contribution < -0.4 is 0 Å². The summed E-state index contributed by atoms with van der Waals surface area (Å²) in [6.07, 6.45) is 0.0421. The van der Waals surface area contributed by atoms with Crippen molar-refractivity contribution >= 4 is 11.8 Å². The predicted octanol–water partition coefficient (Wildman–Crippen LogP) is 2.37. The number of rotatable bonds is 6. The van der Waals surface area contributed by atoms with Crippen molar-refractivity contribution < 1.29 is 19.6 Å². The van der Waals surface area contributed by atoms with E-state index in [9.17, 15) is 14.9 Å². The second-order valence-electron chi connectivity index (χ2n) is 5.86. The van der Waals surface area contributed by atoms with Crippen LogP contribution in [0.15, 0.2) is 24.3 Å². The van der Waals surface area contributed by atoms with Crippen molar-refractivity contribution in [1.82, 2.24) is 4.90 Å². The van der Waals surface area contributed by atoms with Gasteiger partial charge in [-0.1, -0.05) is 12.1 Å². The van der Waals surface area contributed by atoms with Gasteiger partial charge in [-0.3, -0.25) is 10.1 Å². The fourth-order valence-corrected chi connectivity index (χ4v) is 1.79. The lowest BCUT2D eigenvalue weighted by Crippen LogP contribution is -2.39. The van der Waals surface area contributed by atoms with E-state index in [1.807, 2.05) is 0 Å². The van der Waals surface area contributed by atoms with Crippen molar-refractivity contribution in [2.75, 3.05) is 19.7 Å². The zero-order valence-corrected chi connectivity index (χ0v) is 13.1. The van der Waals surface area contributed by atoms with E-state index < -0.39 is 16.6 Å². The molecule has 0 saturated carbocycles. The fraction of sp³-hybridized carbons (Fsp3) is 0.533. The van der Waals surface area contributed by atoms with E-state index in [1.165, 1.54) is 17.0 Å². The molecule has 0 aromatic heterocycles. The zero-order valence-electron chi connectivity index (χ0n) is 13.1. The lowest BCUT2D eigenvalue weighted by Gasteiger charge is -2.27. The monoisotopic (exact) mass is 310 g/mol. The van der Waals surface area contributed by atoms with E-state index in [2.05, 4.69) is 0 Å². The number of amides is 1. The van der Waals surface area contributed by atoms with Gasteiger partial charge in [0, 0.05) is 25.2 Å². The molecular formula is C15H22N2O5. The third kappa shape index (κ3) is 6.09. The number of carbonyl (C=O) groups excluding carboxylic acids is 1. The molecule has 7 nitrogen and oxygen atoms in total. The Hall–Kier alpha value is -2.15. The van der Waals surface area contributed by atoms with Crippen molar-refractivity contribution in [3.8, 4) is 0 Å². The Bertz CT molecular complexity index is 508. The lowest BCUT2D eigenvalue weighted by atomic mass is 10.1. The molecular weight excluding hydrogens is 288 g/mol. The largest absolute Gasteiger partial charge is 0.444 e. The summed E-state index contributed by atoms with van der Waals surface area (Å²) in [6.45, 7) is 5.73. The van der Waals surface area contributed by atoms with Gasteiger partial charge < -0.3 is 14.7 Å². The van der Waals surface area contributed by atoms with Crippen LogP contribution in [-0.4, -0.2) is 46.3 Å². The van der Waals surface area contributed by atoms with Crippen molar-refractivity contribution in [2.24, 2.45) is 0 Å². The molecule has 0 fully saturated rings. The molecule has 1 aromatic rings. The number of hydrogen-bond acceptors (Lipinski definition) is 5. The number of hydrogen-bond donors (Lipinski definition) is 1. The van der Waals surface area contributed by atoms with E-state index in [1.54, 1.807) is 32.9 Å². The molecule has 0 aliphatic rings. The average Bonchev–Trinajstić information content (AvgIpc) is 2.41. The van der Waals surface area contributed by atoms with E-state index in [-0.39, 0.29) is 18.8 Å². The third-order valence-corrected chi connectivity index (χ3v) is 2.84. The first-order chi connectivity index (χ1) is 10.2. The fourth-order valence-electron chi connectivity index (χ4n) is 1.79. The van der Waals surface area contributed by atoms with Crippen LogP contribution in [0.2, 0.25) is 0 Å². The smallest absolute Gasteiger partial charge is 0.410 e. The number of non-ortho nitro benzene ring substituents is 1. The van der Waals surface area contributed by atoms with E-state index in [0.717, 1.165) is 5.56 Å². The number of nitro benzene ring substituents is 1. The van der Waals surface area contributed by atoms with Crippen LogP contribution in [0, 0.1) is 10.1 Å². The summed E-state index contributed by atoms with van der Waals surface area (Å²) in [5.74, 6) is 0. The van der Waals surface area contributed by atoms with E-state index in [4.69, 9.17) is 9.84 Å². The highest BCUT2D eigenvalue weighted by Gasteiger charge is 2.21. The van der Waals surface area contributed by atoms with Gasteiger partial charge in [-0.2, -0.15) is 0 Å². The first kappa shape index (κ1) is 17.9. The minimum Gasteiger partial charge on any atom is -0.444 e. The van der Waals surface area contributed by atoms with Crippen molar-refractivity contribution in [3.05, 3.63) is 39.9 Å². The van der Waals surface area contributed by atoms with Gasteiger partial charge in [-0.05, 0) is 32.8 Å². The summed E-state index contributed by atoms with van der Waals surface area (Å²) in [5.41, 5.74) is 0.304. The highest BCUT2D eigenvalue weighted by molar-refractivity contribution is 5.68. The van der Waals surface area contributed by atoms with Crippen LogP contribution >= 0.6 is 0 Å². The van der Waals surface area contributed by atoms with Gasteiger partial charge in [0.25, 0.3) is 5.69 Å². The number of aliphatic hydroxyl groups is 1. The van der Waals surface area contributed by atoms with E-state index in [0.29, 0.717) is 13.0 Å².